The number of benzene rings is 2. The van der Waals surface area contributed by atoms with Crippen LogP contribution in [0, 0.1) is 10.1 Å². The fourth-order valence-corrected chi connectivity index (χ4v) is 2.72. The fraction of sp³-hybridized carbons (Fsp3) is 0.200. The molecule has 0 radical (unpaired) electrons. The van der Waals surface area contributed by atoms with E-state index < -0.39 is 11.0 Å². The summed E-state index contributed by atoms with van der Waals surface area (Å²) in [5.74, 6) is 0.356. The molecule has 8 nitrogen and oxygen atoms in total. The van der Waals surface area contributed by atoms with Crippen LogP contribution in [-0.4, -0.2) is 34.8 Å². The number of hydrogen-bond donors (Lipinski definition) is 0. The molecule has 0 bridgehead atoms. The van der Waals surface area contributed by atoms with Gasteiger partial charge >= 0.3 is 6.09 Å². The maximum atomic E-state index is 12.5. The predicted molar refractivity (Wildman–Crippen MR) is 101 cm³/mol. The summed E-state index contributed by atoms with van der Waals surface area (Å²) in [6.07, 6.45) is 1.03. The Bertz CT molecular complexity index is 961. The van der Waals surface area contributed by atoms with Crippen LogP contribution in [0.2, 0.25) is 0 Å². The van der Waals surface area contributed by atoms with E-state index in [1.54, 1.807) is 6.07 Å². The highest BCUT2D eigenvalue weighted by atomic mass is 16.6. The topological polar surface area (TPSA) is 99.0 Å². The number of allylic oxidation sites excluding steroid dienone is 1. The van der Waals surface area contributed by atoms with E-state index in [-0.39, 0.29) is 23.0 Å². The van der Waals surface area contributed by atoms with Gasteiger partial charge < -0.3 is 14.4 Å². The number of hydrogen-bond acceptors (Lipinski definition) is 6. The largest absolute Gasteiger partial charge is 0.452 e. The van der Waals surface area contributed by atoms with Gasteiger partial charge in [0.1, 0.15) is 11.5 Å². The van der Waals surface area contributed by atoms with Gasteiger partial charge in [0.05, 0.1) is 10.5 Å². The van der Waals surface area contributed by atoms with Crippen molar-refractivity contribution in [2.24, 2.45) is 0 Å². The van der Waals surface area contributed by atoms with Crippen molar-refractivity contribution in [3.8, 4) is 11.5 Å². The highest BCUT2D eigenvalue weighted by molar-refractivity contribution is 6.14. The second kappa shape index (κ2) is 7.91. The van der Waals surface area contributed by atoms with Gasteiger partial charge in [-0.25, -0.2) is 4.79 Å². The van der Waals surface area contributed by atoms with Crippen molar-refractivity contribution in [3.05, 3.63) is 69.5 Å². The Hall–Kier alpha value is -3.68. The number of carbonyl (C=O) groups is 2. The summed E-state index contributed by atoms with van der Waals surface area (Å²) in [5, 5.41) is 10.7. The minimum atomic E-state index is -0.495. The quantitative estimate of drug-likeness (QED) is 0.439. The molecule has 0 spiro atoms. The van der Waals surface area contributed by atoms with Gasteiger partial charge in [-0.05, 0) is 49.8 Å². The Labute approximate surface area is 161 Å². The second-order valence-electron chi connectivity index (χ2n) is 5.99. The molecule has 0 aromatic heterocycles. The first-order valence-electron chi connectivity index (χ1n) is 8.72. The van der Waals surface area contributed by atoms with E-state index in [9.17, 15) is 19.7 Å². The number of rotatable bonds is 5. The van der Waals surface area contributed by atoms with Crippen LogP contribution in [0.4, 0.5) is 10.5 Å². The molecule has 1 aliphatic heterocycles. The third-order valence-corrected chi connectivity index (χ3v) is 4.27. The van der Waals surface area contributed by atoms with Crippen LogP contribution in [0.3, 0.4) is 0 Å². The van der Waals surface area contributed by atoms with Crippen molar-refractivity contribution in [3.63, 3.8) is 0 Å². The van der Waals surface area contributed by atoms with Crippen LogP contribution in [0.15, 0.2) is 48.2 Å². The SMILES string of the molecule is CCN(CC)C(=O)Oc1ccc2c(c1)OC(=Cc1ccc([N+](=O)[O-])cc1)C2=O. The van der Waals surface area contributed by atoms with E-state index in [0.717, 1.165) is 0 Å². The molecule has 8 heteroatoms. The lowest BCUT2D eigenvalue weighted by Gasteiger charge is -2.17. The molecule has 0 saturated carbocycles. The first kappa shape index (κ1) is 19.1. The van der Waals surface area contributed by atoms with E-state index in [0.29, 0.717) is 30.0 Å². The standard InChI is InChI=1S/C20H18N2O6/c1-3-21(4-2)20(24)27-15-9-10-16-17(12-15)28-18(19(16)23)11-13-5-7-14(8-6-13)22(25)26/h5-12H,3-4H2,1-2H3. The monoisotopic (exact) mass is 382 g/mol. The predicted octanol–water partition coefficient (Wildman–Crippen LogP) is 4.05. The average Bonchev–Trinajstić information content (AvgIpc) is 2.98. The molecule has 0 saturated heterocycles. The first-order valence-corrected chi connectivity index (χ1v) is 8.72. The molecule has 1 heterocycles. The normalized spacial score (nSPS) is 13.8. The van der Waals surface area contributed by atoms with E-state index >= 15 is 0 Å². The molecule has 2 aromatic rings. The zero-order valence-corrected chi connectivity index (χ0v) is 15.4. The number of Topliss-reactive ketones (excluding diaryl/α,β-unsaturated/α-hetero) is 1. The van der Waals surface area contributed by atoms with Gasteiger partial charge in [0.15, 0.2) is 5.76 Å². The third-order valence-electron chi connectivity index (χ3n) is 4.27. The van der Waals surface area contributed by atoms with Crippen molar-refractivity contribution in [1.82, 2.24) is 4.90 Å². The summed E-state index contributed by atoms with van der Waals surface area (Å²) < 4.78 is 10.9. The Morgan fingerprint density at radius 1 is 1.18 bits per heavy atom. The molecular formula is C20H18N2O6. The molecule has 0 atom stereocenters. The van der Waals surface area contributed by atoms with Gasteiger partial charge in [0.25, 0.3) is 5.69 Å². The van der Waals surface area contributed by atoms with Gasteiger partial charge in [-0.3, -0.25) is 14.9 Å². The van der Waals surface area contributed by atoms with Crippen LogP contribution in [-0.2, 0) is 0 Å². The summed E-state index contributed by atoms with van der Waals surface area (Å²) in [4.78, 5) is 36.3. The van der Waals surface area contributed by atoms with Crippen molar-refractivity contribution >= 4 is 23.6 Å². The molecule has 28 heavy (non-hydrogen) atoms. The van der Waals surface area contributed by atoms with Crippen molar-refractivity contribution < 1.29 is 24.0 Å². The summed E-state index contributed by atoms with van der Waals surface area (Å²) in [7, 11) is 0. The van der Waals surface area contributed by atoms with Crippen LogP contribution in [0.25, 0.3) is 6.08 Å². The number of non-ortho nitro benzene ring substituents is 1. The Morgan fingerprint density at radius 3 is 2.46 bits per heavy atom. The fourth-order valence-electron chi connectivity index (χ4n) is 2.72. The summed E-state index contributed by atoms with van der Waals surface area (Å²) in [6.45, 7) is 4.75. The number of fused-ring (bicyclic) bond motifs is 1. The number of nitro groups is 1. The maximum Gasteiger partial charge on any atom is 0.415 e. The van der Waals surface area contributed by atoms with Gasteiger partial charge in [-0.15, -0.1) is 0 Å². The molecule has 3 rings (SSSR count). The molecule has 0 N–H and O–H groups in total. The lowest BCUT2D eigenvalue weighted by molar-refractivity contribution is -0.384. The Balaban J connectivity index is 1.79. The van der Waals surface area contributed by atoms with Gasteiger partial charge in [0, 0.05) is 31.3 Å². The first-order chi connectivity index (χ1) is 13.4. The maximum absolute atomic E-state index is 12.5. The molecule has 144 valence electrons. The molecule has 1 aliphatic rings. The van der Waals surface area contributed by atoms with Gasteiger partial charge in [0.2, 0.25) is 5.78 Å². The Morgan fingerprint density at radius 2 is 1.86 bits per heavy atom. The molecule has 1 amide bonds. The van der Waals surface area contributed by atoms with Crippen LogP contribution in [0.5, 0.6) is 11.5 Å². The number of nitro benzene ring substituents is 1. The molecular weight excluding hydrogens is 364 g/mol. The van der Waals surface area contributed by atoms with Crippen molar-refractivity contribution in [1.29, 1.82) is 0 Å². The van der Waals surface area contributed by atoms with E-state index in [2.05, 4.69) is 0 Å². The van der Waals surface area contributed by atoms with Crippen LogP contribution >= 0.6 is 0 Å². The molecule has 0 aliphatic carbocycles. The highest BCUT2D eigenvalue weighted by Gasteiger charge is 2.28. The summed E-state index contributed by atoms with van der Waals surface area (Å²) in [5.41, 5.74) is 0.912. The number of carbonyl (C=O) groups excluding carboxylic acids is 2. The zero-order valence-electron chi connectivity index (χ0n) is 15.4. The lowest BCUT2D eigenvalue weighted by Crippen LogP contribution is -2.33. The lowest BCUT2D eigenvalue weighted by atomic mass is 10.1. The second-order valence-corrected chi connectivity index (χ2v) is 5.99. The van der Waals surface area contributed by atoms with Gasteiger partial charge in [-0.1, -0.05) is 0 Å². The number of ether oxygens (including phenoxy) is 2. The van der Waals surface area contributed by atoms with E-state index in [4.69, 9.17) is 9.47 Å². The van der Waals surface area contributed by atoms with Gasteiger partial charge in [-0.2, -0.15) is 0 Å². The number of nitrogens with zero attached hydrogens (tertiary/aromatic N) is 2. The average molecular weight is 382 g/mol. The van der Waals surface area contributed by atoms with Crippen LogP contribution < -0.4 is 9.47 Å². The molecule has 0 unspecified atom stereocenters. The number of amides is 1. The highest BCUT2D eigenvalue weighted by Crippen LogP contribution is 2.35. The van der Waals surface area contributed by atoms with Crippen LogP contribution in [0.1, 0.15) is 29.8 Å². The zero-order chi connectivity index (χ0) is 20.3. The van der Waals surface area contributed by atoms with Crippen molar-refractivity contribution in [2.45, 2.75) is 13.8 Å². The van der Waals surface area contributed by atoms with E-state index in [1.165, 1.54) is 47.4 Å². The molecule has 0 fully saturated rings. The number of ketones is 1. The summed E-state index contributed by atoms with van der Waals surface area (Å²) >= 11 is 0. The minimum Gasteiger partial charge on any atom is -0.452 e. The Kier molecular flexibility index (Phi) is 5.39. The van der Waals surface area contributed by atoms with Crippen molar-refractivity contribution in [2.75, 3.05) is 13.1 Å². The minimum absolute atomic E-state index is 0.0382. The molecule has 2 aromatic carbocycles. The van der Waals surface area contributed by atoms with E-state index in [1.807, 2.05) is 13.8 Å². The summed E-state index contributed by atoms with van der Waals surface area (Å²) in [6, 6.07) is 10.3. The smallest absolute Gasteiger partial charge is 0.415 e. The third kappa shape index (κ3) is 3.85.